The van der Waals surface area contributed by atoms with E-state index < -0.39 is 10.0 Å². The maximum absolute atomic E-state index is 12.8. The third-order valence-electron chi connectivity index (χ3n) is 3.44. The fourth-order valence-electron chi connectivity index (χ4n) is 2.38. The first-order chi connectivity index (χ1) is 10.3. The molecule has 0 spiro atoms. The second-order valence-corrected chi connectivity index (χ2v) is 7.73. The Balaban J connectivity index is 0.00000264. The molecule has 0 aromatic heterocycles. The molecular formula is C14H22Cl2N2O4S. The van der Waals surface area contributed by atoms with Gasteiger partial charge >= 0.3 is 0 Å². The summed E-state index contributed by atoms with van der Waals surface area (Å²) in [5.41, 5.74) is 5.81. The monoisotopic (exact) mass is 384 g/mol. The maximum Gasteiger partial charge on any atom is 0.246 e. The van der Waals surface area contributed by atoms with Gasteiger partial charge in [-0.05, 0) is 31.5 Å². The predicted octanol–water partition coefficient (Wildman–Crippen LogP) is 1.90. The standard InChI is InChI=1S/C14H21ClN2O4S.ClH/c1-10(9-20-2)21-13-4-3-11(15)7-14(13)22(18,19)17-6-5-12(16)8-17;/h3-4,7,10,12H,5-6,8-9,16H2,1-2H3;1H/t10?,12-;/m1./s1. The summed E-state index contributed by atoms with van der Waals surface area (Å²) in [4.78, 5) is 0.0667. The van der Waals surface area contributed by atoms with Gasteiger partial charge in [0.2, 0.25) is 10.0 Å². The second-order valence-electron chi connectivity index (χ2n) is 5.39. The van der Waals surface area contributed by atoms with Crippen molar-refractivity contribution in [3.63, 3.8) is 0 Å². The van der Waals surface area contributed by atoms with Crippen molar-refractivity contribution in [3.05, 3.63) is 23.2 Å². The van der Waals surface area contributed by atoms with E-state index in [9.17, 15) is 8.42 Å². The molecule has 23 heavy (non-hydrogen) atoms. The van der Waals surface area contributed by atoms with Crippen molar-refractivity contribution in [2.75, 3.05) is 26.8 Å². The maximum atomic E-state index is 12.8. The van der Waals surface area contributed by atoms with Crippen LogP contribution in [0.3, 0.4) is 0 Å². The number of hydrogen-bond donors (Lipinski definition) is 1. The zero-order valence-corrected chi connectivity index (χ0v) is 15.5. The summed E-state index contributed by atoms with van der Waals surface area (Å²) < 4.78 is 37.7. The number of rotatable bonds is 6. The minimum Gasteiger partial charge on any atom is -0.487 e. The van der Waals surface area contributed by atoms with E-state index in [-0.39, 0.29) is 35.2 Å². The van der Waals surface area contributed by atoms with E-state index in [1.165, 1.54) is 10.4 Å². The Hall–Kier alpha value is -0.570. The lowest BCUT2D eigenvalue weighted by atomic mass is 10.3. The number of ether oxygens (including phenoxy) is 2. The summed E-state index contributed by atoms with van der Waals surface area (Å²) in [6, 6.07) is 4.45. The average molecular weight is 385 g/mol. The Labute approximate surface area is 148 Å². The van der Waals surface area contributed by atoms with Crippen LogP contribution in [0, 0.1) is 0 Å². The lowest BCUT2D eigenvalue weighted by Crippen LogP contribution is -2.32. The zero-order chi connectivity index (χ0) is 16.3. The topological polar surface area (TPSA) is 81.9 Å². The molecule has 1 saturated heterocycles. The molecule has 2 atom stereocenters. The molecule has 0 radical (unpaired) electrons. The van der Waals surface area contributed by atoms with Crippen LogP contribution in [0.25, 0.3) is 0 Å². The predicted molar refractivity (Wildman–Crippen MR) is 92.0 cm³/mol. The largest absolute Gasteiger partial charge is 0.487 e. The average Bonchev–Trinajstić information content (AvgIpc) is 2.88. The minimum absolute atomic E-state index is 0. The quantitative estimate of drug-likeness (QED) is 0.809. The molecule has 1 heterocycles. The van der Waals surface area contributed by atoms with Crippen molar-refractivity contribution >= 4 is 34.0 Å². The fraction of sp³-hybridized carbons (Fsp3) is 0.571. The first-order valence-electron chi connectivity index (χ1n) is 7.05. The zero-order valence-electron chi connectivity index (χ0n) is 13.1. The second kappa shape index (κ2) is 8.50. The fourth-order valence-corrected chi connectivity index (χ4v) is 4.27. The first kappa shape index (κ1) is 20.5. The van der Waals surface area contributed by atoms with Crippen LogP contribution in [0.5, 0.6) is 5.75 Å². The molecule has 1 aliphatic heterocycles. The number of hydrogen-bond acceptors (Lipinski definition) is 5. The van der Waals surface area contributed by atoms with Gasteiger partial charge < -0.3 is 15.2 Å². The molecule has 1 aromatic carbocycles. The Morgan fingerprint density at radius 3 is 2.74 bits per heavy atom. The van der Waals surface area contributed by atoms with E-state index >= 15 is 0 Å². The van der Waals surface area contributed by atoms with E-state index in [4.69, 9.17) is 26.8 Å². The molecule has 132 valence electrons. The molecule has 1 unspecified atom stereocenters. The van der Waals surface area contributed by atoms with Gasteiger partial charge in [-0.3, -0.25) is 0 Å². The van der Waals surface area contributed by atoms with Crippen LogP contribution < -0.4 is 10.5 Å². The van der Waals surface area contributed by atoms with Crippen molar-refractivity contribution in [2.45, 2.75) is 30.4 Å². The molecule has 2 N–H and O–H groups in total. The highest BCUT2D eigenvalue weighted by atomic mass is 35.5. The smallest absolute Gasteiger partial charge is 0.246 e. The highest BCUT2D eigenvalue weighted by molar-refractivity contribution is 7.89. The van der Waals surface area contributed by atoms with E-state index in [1.807, 2.05) is 0 Å². The van der Waals surface area contributed by atoms with Crippen LogP contribution in [0.1, 0.15) is 13.3 Å². The number of halogens is 2. The van der Waals surface area contributed by atoms with E-state index in [2.05, 4.69) is 0 Å². The Morgan fingerprint density at radius 2 is 2.17 bits per heavy atom. The number of methoxy groups -OCH3 is 1. The molecule has 1 aliphatic rings. The first-order valence-corrected chi connectivity index (χ1v) is 8.87. The van der Waals surface area contributed by atoms with Gasteiger partial charge in [-0.1, -0.05) is 11.6 Å². The van der Waals surface area contributed by atoms with Crippen molar-refractivity contribution in [2.24, 2.45) is 5.73 Å². The third-order valence-corrected chi connectivity index (χ3v) is 5.56. The highest BCUT2D eigenvalue weighted by Gasteiger charge is 2.33. The molecule has 0 amide bonds. The lowest BCUT2D eigenvalue weighted by Gasteiger charge is -2.21. The number of nitrogens with zero attached hydrogens (tertiary/aromatic N) is 1. The van der Waals surface area contributed by atoms with Gasteiger partial charge in [-0.15, -0.1) is 12.4 Å². The lowest BCUT2D eigenvalue weighted by molar-refractivity contribution is 0.0900. The summed E-state index contributed by atoms with van der Waals surface area (Å²) in [5.74, 6) is 0.273. The molecule has 9 heteroatoms. The van der Waals surface area contributed by atoms with Crippen molar-refractivity contribution in [3.8, 4) is 5.75 Å². The van der Waals surface area contributed by atoms with Crippen LogP contribution in [-0.4, -0.2) is 51.7 Å². The van der Waals surface area contributed by atoms with Crippen LogP contribution >= 0.6 is 24.0 Å². The Bertz CT molecular complexity index is 627. The molecule has 0 saturated carbocycles. The van der Waals surface area contributed by atoms with Crippen molar-refractivity contribution < 1.29 is 17.9 Å². The molecule has 0 bridgehead atoms. The number of sulfonamides is 1. The summed E-state index contributed by atoms with van der Waals surface area (Å²) in [6.07, 6.45) is 0.372. The Morgan fingerprint density at radius 1 is 1.48 bits per heavy atom. The van der Waals surface area contributed by atoms with Crippen LogP contribution in [0.2, 0.25) is 5.02 Å². The van der Waals surface area contributed by atoms with E-state index in [1.54, 1.807) is 26.2 Å². The number of nitrogens with two attached hydrogens (primary N) is 1. The molecule has 2 rings (SSSR count). The Kier molecular flexibility index (Phi) is 7.57. The van der Waals surface area contributed by atoms with Gasteiger partial charge in [0.05, 0.1) is 6.61 Å². The third kappa shape index (κ3) is 4.95. The van der Waals surface area contributed by atoms with Gasteiger partial charge in [0.1, 0.15) is 16.7 Å². The normalized spacial score (nSPS) is 20.1. The van der Waals surface area contributed by atoms with Crippen LogP contribution in [0.15, 0.2) is 23.1 Å². The summed E-state index contributed by atoms with van der Waals surface area (Å²) in [5, 5.41) is 0.341. The van der Waals surface area contributed by atoms with Crippen molar-refractivity contribution in [1.82, 2.24) is 4.31 Å². The van der Waals surface area contributed by atoms with Gasteiger partial charge in [0.15, 0.2) is 0 Å². The molecule has 6 nitrogen and oxygen atoms in total. The molecular weight excluding hydrogens is 363 g/mol. The van der Waals surface area contributed by atoms with Crippen LogP contribution in [0.4, 0.5) is 0 Å². The van der Waals surface area contributed by atoms with E-state index in [0.29, 0.717) is 31.1 Å². The summed E-state index contributed by atoms with van der Waals surface area (Å²) >= 11 is 5.97. The number of benzene rings is 1. The van der Waals surface area contributed by atoms with Crippen molar-refractivity contribution in [1.29, 1.82) is 0 Å². The molecule has 0 aliphatic carbocycles. The van der Waals surface area contributed by atoms with Gasteiger partial charge in [0, 0.05) is 31.3 Å². The van der Waals surface area contributed by atoms with Gasteiger partial charge in [0.25, 0.3) is 0 Å². The summed E-state index contributed by atoms with van der Waals surface area (Å²) in [6.45, 7) is 2.88. The van der Waals surface area contributed by atoms with E-state index in [0.717, 1.165) is 0 Å². The van der Waals surface area contributed by atoms with Crippen LogP contribution in [-0.2, 0) is 14.8 Å². The SMILES string of the molecule is COCC(C)Oc1ccc(Cl)cc1S(=O)(=O)N1CC[C@@H](N)C1.Cl. The summed E-state index contributed by atoms with van der Waals surface area (Å²) in [7, 11) is -2.12. The van der Waals surface area contributed by atoms with Gasteiger partial charge in [-0.2, -0.15) is 4.31 Å². The van der Waals surface area contributed by atoms with Gasteiger partial charge in [-0.25, -0.2) is 8.42 Å². The molecule has 1 aromatic rings. The molecule has 1 fully saturated rings. The highest BCUT2D eigenvalue weighted by Crippen LogP contribution is 2.31. The minimum atomic E-state index is -3.68.